The summed E-state index contributed by atoms with van der Waals surface area (Å²) in [6.45, 7) is 35.6. The molecule has 0 bridgehead atoms. The normalized spacial score (nSPS) is 24.9. The number of unbranched alkanes of at least 4 members (excludes halogenated alkanes) is 4. The minimum atomic E-state index is -2.45. The van der Waals surface area contributed by atoms with Crippen molar-refractivity contribution in [2.24, 2.45) is 5.41 Å². The molecule has 0 amide bonds. The van der Waals surface area contributed by atoms with Crippen molar-refractivity contribution in [3.8, 4) is 5.75 Å². The second kappa shape index (κ2) is 34.0. The molecule has 11 atom stereocenters. The summed E-state index contributed by atoms with van der Waals surface area (Å²) in [6, 6.07) is 17.5. The minimum Gasteiger partial charge on any atom is -0.497 e. The highest BCUT2D eigenvalue weighted by molar-refractivity contribution is 6.74. The van der Waals surface area contributed by atoms with Gasteiger partial charge >= 0.3 is 17.9 Å². The van der Waals surface area contributed by atoms with E-state index >= 15 is 0 Å². The molecule has 3 fully saturated rings. The quantitative estimate of drug-likeness (QED) is 0.0174. The van der Waals surface area contributed by atoms with E-state index in [9.17, 15) is 19.5 Å². The predicted octanol–water partition coefficient (Wildman–Crippen LogP) is 15.3. The number of aliphatic carboxylic acids is 1. The molecule has 1 N–H and O–H groups in total. The van der Waals surface area contributed by atoms with Crippen molar-refractivity contribution in [2.45, 2.75) is 282 Å². The molecule has 16 nitrogen and oxygen atoms in total. The van der Waals surface area contributed by atoms with E-state index < -0.39 is 82.4 Å². The summed E-state index contributed by atoms with van der Waals surface area (Å²) in [5.74, 6) is -2.92. The number of methoxy groups -OCH3 is 3. The first-order valence-electron chi connectivity index (χ1n) is 32.3. The van der Waals surface area contributed by atoms with E-state index in [1.807, 2.05) is 87.5 Å². The lowest BCUT2D eigenvalue weighted by Crippen LogP contribution is -2.63. The van der Waals surface area contributed by atoms with Crippen molar-refractivity contribution in [3.05, 3.63) is 102 Å². The fourth-order valence-corrected chi connectivity index (χ4v) is 14.2. The summed E-state index contributed by atoms with van der Waals surface area (Å²) in [5, 5.41) is 9.89. The average molecular weight is 1270 g/mol. The zero-order valence-electron chi connectivity index (χ0n) is 56.7. The van der Waals surface area contributed by atoms with Gasteiger partial charge in [-0.05, 0) is 111 Å². The molecule has 18 heteroatoms. The van der Waals surface area contributed by atoms with Crippen LogP contribution in [-0.2, 0) is 79.1 Å². The van der Waals surface area contributed by atoms with Gasteiger partial charge in [0.15, 0.2) is 22.7 Å². The molecule has 0 radical (unpaired) electrons. The number of carboxylic acids is 1. The second-order valence-electron chi connectivity index (χ2n) is 28.3. The van der Waals surface area contributed by atoms with E-state index in [4.69, 9.17) is 56.2 Å². The summed E-state index contributed by atoms with van der Waals surface area (Å²) >= 11 is 0. The highest BCUT2D eigenvalue weighted by Gasteiger charge is 2.59. The van der Waals surface area contributed by atoms with E-state index in [1.54, 1.807) is 14.2 Å². The van der Waals surface area contributed by atoms with E-state index in [1.165, 1.54) is 13.2 Å². The molecule has 2 aromatic carbocycles. The van der Waals surface area contributed by atoms with Gasteiger partial charge in [0.2, 0.25) is 5.79 Å². The Hall–Kier alpha value is -4.06. The molecule has 1 unspecified atom stereocenters. The van der Waals surface area contributed by atoms with Crippen LogP contribution in [0.15, 0.2) is 90.6 Å². The summed E-state index contributed by atoms with van der Waals surface area (Å²) in [7, 11) is -0.181. The maximum Gasteiger partial charge on any atom is 0.330 e. The number of hydrogen-bond donors (Lipinski definition) is 1. The molecule has 0 spiro atoms. The Kier molecular flexibility index (Phi) is 28.9. The number of esters is 2. The SMILES string of the molecule is C=C1C[C@@H](C[C@H]2C[C@@H](O[Si](C)(C)C(C)(C)C)C[C@@H](CC(CC(=O)O)OCc3ccc(OC)cc3)O2)O[C@@H](C=CC(C)(C)[C@]2(OC)O[C@H](C[C@@H](O[Si](C)(C)C(C)(C)C)[C@@H](C)OCOCc3ccccc3)CC(=CC(=O)OC)[C@@H]2OC(=O)CCCCCCC)C1. The number of benzene rings is 2. The van der Waals surface area contributed by atoms with Gasteiger partial charge in [0, 0.05) is 50.4 Å². The molecule has 3 heterocycles. The van der Waals surface area contributed by atoms with Crippen LogP contribution in [0.2, 0.25) is 36.3 Å². The van der Waals surface area contributed by atoms with Gasteiger partial charge in [0.1, 0.15) is 12.5 Å². The highest BCUT2D eigenvalue weighted by atomic mass is 28.4. The Balaban J connectivity index is 1.46. The van der Waals surface area contributed by atoms with Gasteiger partial charge in [-0.2, -0.15) is 0 Å². The Morgan fingerprint density at radius 2 is 1.43 bits per heavy atom. The Bertz CT molecular complexity index is 2540. The molecule has 3 aliphatic rings. The maximum atomic E-state index is 14.2. The molecule has 0 saturated carbocycles. The third kappa shape index (κ3) is 22.7. The smallest absolute Gasteiger partial charge is 0.330 e. The third-order valence-corrected chi connectivity index (χ3v) is 27.7. The molecular formula is C70H112O16Si2. The van der Waals surface area contributed by atoms with Gasteiger partial charge in [-0.3, -0.25) is 9.59 Å². The molecular weight excluding hydrogens is 1150 g/mol. The summed E-state index contributed by atoms with van der Waals surface area (Å²) in [4.78, 5) is 40.0. The largest absolute Gasteiger partial charge is 0.497 e. The Morgan fingerprint density at radius 1 is 0.773 bits per heavy atom. The minimum absolute atomic E-state index is 0.0332. The van der Waals surface area contributed by atoms with Gasteiger partial charge in [0.25, 0.3) is 0 Å². The van der Waals surface area contributed by atoms with E-state index in [0.717, 1.165) is 48.1 Å². The number of ether oxygens (including phenoxy) is 10. The zero-order valence-corrected chi connectivity index (χ0v) is 58.7. The molecule has 5 rings (SSSR count). The van der Waals surface area contributed by atoms with E-state index in [0.29, 0.717) is 63.5 Å². The van der Waals surface area contributed by atoms with Crippen LogP contribution in [0.25, 0.3) is 0 Å². The molecule has 88 heavy (non-hydrogen) atoms. The van der Waals surface area contributed by atoms with Gasteiger partial charge < -0.3 is 61.3 Å². The summed E-state index contributed by atoms with van der Waals surface area (Å²) in [6.07, 6.45) is 9.42. The third-order valence-electron chi connectivity index (χ3n) is 18.6. The van der Waals surface area contributed by atoms with Crippen LogP contribution in [-0.4, -0.2) is 135 Å². The molecule has 496 valence electrons. The first-order valence-corrected chi connectivity index (χ1v) is 38.1. The lowest BCUT2D eigenvalue weighted by molar-refractivity contribution is -0.338. The maximum absolute atomic E-state index is 14.2. The number of rotatable bonds is 34. The van der Waals surface area contributed by atoms with Gasteiger partial charge in [-0.15, -0.1) is 0 Å². The lowest BCUT2D eigenvalue weighted by Gasteiger charge is -2.53. The molecule has 3 saturated heterocycles. The standard InChI is InChI=1S/C70H112O16Si2/c1-19-20-21-22-26-29-64(73)83-66-53(39-65(74)76-13)38-60(44-62(86-88(17,18)68(7,8)9)50(3)80-48-78-46-51-27-24-23-25-28-51)84-70(66,77-14)69(10,11)35-34-55-36-49(2)37-57(81-55)41-59-43-61(85-87(15,16)67(4,5)6)42-58(82-59)40-56(45-63(71)72)79-47-52-30-32-54(75-12)33-31-52/h23-25,27-28,30-35,39,50,55-62,66H,2,19-22,26,29,36-38,40-48H2,1,3-18H3,(H,71,72)/t50-,55+,56?,57+,58-,59+,60+,61+,62-,66+,70-/m1/s1. The van der Waals surface area contributed by atoms with E-state index in [-0.39, 0.29) is 67.2 Å². The van der Waals surface area contributed by atoms with Crippen molar-refractivity contribution in [2.75, 3.05) is 28.1 Å². The molecule has 0 aromatic heterocycles. The topological polar surface area (TPSA) is 182 Å². The fraction of sp³-hybridized carbons (Fsp3) is 0.700. The van der Waals surface area contributed by atoms with Crippen LogP contribution in [0, 0.1) is 5.41 Å². The lowest BCUT2D eigenvalue weighted by atomic mass is 9.73. The first-order chi connectivity index (χ1) is 41.3. The number of carbonyl (C=O) groups is 3. The monoisotopic (exact) mass is 1260 g/mol. The van der Waals surface area contributed by atoms with Crippen LogP contribution in [0.5, 0.6) is 5.75 Å². The molecule has 0 aliphatic carbocycles. The van der Waals surface area contributed by atoms with Crippen molar-refractivity contribution >= 4 is 34.5 Å². The van der Waals surface area contributed by atoms with Crippen molar-refractivity contribution in [1.82, 2.24) is 0 Å². The van der Waals surface area contributed by atoms with Crippen LogP contribution in [0.4, 0.5) is 0 Å². The number of hydrogen-bond acceptors (Lipinski definition) is 15. The summed E-state index contributed by atoms with van der Waals surface area (Å²) < 4.78 is 78.4. The van der Waals surface area contributed by atoms with Crippen LogP contribution in [0.1, 0.15) is 177 Å². The van der Waals surface area contributed by atoms with Gasteiger partial charge in [0.05, 0.1) is 82.7 Å². The summed E-state index contributed by atoms with van der Waals surface area (Å²) in [5.41, 5.74) is 2.40. The molecule has 3 aliphatic heterocycles. The first kappa shape index (κ1) is 74.7. The molecule has 2 aromatic rings. The van der Waals surface area contributed by atoms with E-state index in [2.05, 4.69) is 81.2 Å². The second-order valence-corrected chi connectivity index (χ2v) is 37.8. The predicted molar refractivity (Wildman–Crippen MR) is 349 cm³/mol. The zero-order chi connectivity index (χ0) is 65.1. The Labute approximate surface area is 530 Å². The van der Waals surface area contributed by atoms with Gasteiger partial charge in [-0.25, -0.2) is 4.79 Å². The number of carbonyl (C=O) groups excluding carboxylic acids is 2. The number of carboxylic acid groups (broad SMARTS) is 1. The van der Waals surface area contributed by atoms with Crippen LogP contribution >= 0.6 is 0 Å². The van der Waals surface area contributed by atoms with Crippen molar-refractivity contribution in [3.63, 3.8) is 0 Å². The average Bonchev–Trinajstić information content (AvgIpc) is 1.05. The Morgan fingerprint density at radius 3 is 2.06 bits per heavy atom. The van der Waals surface area contributed by atoms with Crippen LogP contribution in [0.3, 0.4) is 0 Å². The van der Waals surface area contributed by atoms with Crippen molar-refractivity contribution < 1.29 is 75.7 Å². The highest BCUT2D eigenvalue weighted by Crippen LogP contribution is 2.50. The van der Waals surface area contributed by atoms with Crippen molar-refractivity contribution in [1.29, 1.82) is 0 Å². The van der Waals surface area contributed by atoms with Crippen LogP contribution < -0.4 is 4.74 Å². The fourth-order valence-electron chi connectivity index (χ4n) is 11.4. The van der Waals surface area contributed by atoms with Gasteiger partial charge in [-0.1, -0.05) is 155 Å².